The summed E-state index contributed by atoms with van der Waals surface area (Å²) in [4.78, 5) is 29.1. The van der Waals surface area contributed by atoms with Gasteiger partial charge in [-0.3, -0.25) is 9.59 Å². The molecule has 0 N–H and O–H groups in total. The van der Waals surface area contributed by atoms with Gasteiger partial charge in [0.15, 0.2) is 11.6 Å². The summed E-state index contributed by atoms with van der Waals surface area (Å²) in [5.41, 5.74) is 12.7. The predicted octanol–water partition coefficient (Wildman–Crippen LogP) is 9.71. The van der Waals surface area contributed by atoms with E-state index in [1.807, 2.05) is 23.6 Å². The van der Waals surface area contributed by atoms with Gasteiger partial charge < -0.3 is 4.90 Å². The Morgan fingerprint density at radius 1 is 0.683 bits per heavy atom. The van der Waals surface area contributed by atoms with Crippen molar-refractivity contribution in [3.8, 4) is 0 Å². The van der Waals surface area contributed by atoms with Crippen LogP contribution in [-0.2, 0) is 5.41 Å². The van der Waals surface area contributed by atoms with E-state index in [0.29, 0.717) is 11.1 Å². The van der Waals surface area contributed by atoms with Gasteiger partial charge in [-0.25, -0.2) is 0 Å². The molecule has 0 fully saturated rings. The van der Waals surface area contributed by atoms with Crippen molar-refractivity contribution in [2.24, 2.45) is 0 Å². The Morgan fingerprint density at radius 2 is 1.29 bits per heavy atom. The molecule has 1 aliphatic carbocycles. The Hall–Kier alpha value is -4.28. The van der Waals surface area contributed by atoms with Gasteiger partial charge in [-0.15, -0.1) is 11.3 Å². The maximum atomic E-state index is 13.4. The Labute approximate surface area is 244 Å². The molecule has 1 aromatic heterocycles. The fourth-order valence-electron chi connectivity index (χ4n) is 6.51. The van der Waals surface area contributed by atoms with Gasteiger partial charge in [-0.05, 0) is 115 Å². The fourth-order valence-corrected chi connectivity index (χ4v) is 7.32. The number of benzene rings is 4. The second-order valence-corrected chi connectivity index (χ2v) is 13.0. The number of anilines is 3. The number of thiophene rings is 1. The van der Waals surface area contributed by atoms with Gasteiger partial charge in [-0.1, -0.05) is 49.2 Å². The van der Waals surface area contributed by atoms with Gasteiger partial charge in [0.25, 0.3) is 0 Å². The molecule has 2 heterocycles. The molecule has 0 amide bonds. The molecular weight excluding hydrogens is 522 g/mol. The first-order valence-electron chi connectivity index (χ1n) is 14.0. The minimum atomic E-state index is -0.189. The average molecular weight is 554 g/mol. The van der Waals surface area contributed by atoms with Crippen LogP contribution < -0.4 is 4.90 Å². The maximum absolute atomic E-state index is 13.4. The van der Waals surface area contributed by atoms with E-state index in [1.165, 1.54) is 33.6 Å². The number of aryl methyl sites for hydroxylation is 4. The summed E-state index contributed by atoms with van der Waals surface area (Å²) in [7, 11) is 0. The highest BCUT2D eigenvalue weighted by Crippen LogP contribution is 2.53. The van der Waals surface area contributed by atoms with Crippen molar-refractivity contribution in [1.29, 1.82) is 0 Å². The van der Waals surface area contributed by atoms with Gasteiger partial charge in [0, 0.05) is 26.9 Å². The third kappa shape index (κ3) is 3.78. The average Bonchev–Trinajstić information content (AvgIpc) is 3.49. The quantitative estimate of drug-likeness (QED) is 0.161. The van der Waals surface area contributed by atoms with Crippen molar-refractivity contribution in [1.82, 2.24) is 0 Å². The molecule has 5 aromatic rings. The molecule has 41 heavy (non-hydrogen) atoms. The lowest BCUT2D eigenvalue weighted by Gasteiger charge is -2.43. The first-order chi connectivity index (χ1) is 19.5. The first kappa shape index (κ1) is 25.7. The molecule has 0 radical (unpaired) electrons. The van der Waals surface area contributed by atoms with E-state index in [1.54, 1.807) is 17.4 Å². The topological polar surface area (TPSA) is 37.4 Å². The Bertz CT molecular complexity index is 1900. The van der Waals surface area contributed by atoms with E-state index in [-0.39, 0.29) is 22.6 Å². The number of Topliss-reactive ketones (excluding diaryl/α,β-unsaturated/α-hetero) is 2. The molecule has 4 aromatic carbocycles. The van der Waals surface area contributed by atoms with E-state index >= 15 is 0 Å². The summed E-state index contributed by atoms with van der Waals surface area (Å²) in [5.74, 6) is -0.376. The van der Waals surface area contributed by atoms with Gasteiger partial charge >= 0.3 is 0 Å². The van der Waals surface area contributed by atoms with Crippen molar-refractivity contribution in [3.63, 3.8) is 0 Å². The molecule has 0 atom stereocenters. The van der Waals surface area contributed by atoms with Crippen LogP contribution >= 0.6 is 11.3 Å². The molecule has 1 aliphatic heterocycles. The molecule has 202 valence electrons. The van der Waals surface area contributed by atoms with Crippen molar-refractivity contribution >= 4 is 56.1 Å². The normalized spacial score (nSPS) is 16.3. The number of carbonyl (C=O) groups is 2. The van der Waals surface area contributed by atoms with Crippen LogP contribution in [0.15, 0.2) is 77.7 Å². The Morgan fingerprint density at radius 3 is 1.93 bits per heavy atom. The zero-order valence-electron chi connectivity index (χ0n) is 24.2. The minimum absolute atomic E-state index is 0.140. The minimum Gasteiger partial charge on any atom is -0.310 e. The molecule has 0 bridgehead atoms. The summed E-state index contributed by atoms with van der Waals surface area (Å²) in [5, 5.41) is 2.99. The molecular formula is C37H31NO2S. The lowest BCUT2D eigenvalue weighted by Crippen LogP contribution is -2.31. The van der Waals surface area contributed by atoms with Crippen LogP contribution in [-0.4, -0.2) is 11.6 Å². The van der Waals surface area contributed by atoms with Gasteiger partial charge in [0.05, 0.1) is 16.9 Å². The molecule has 7 rings (SSSR count). The molecule has 2 aliphatic rings. The summed E-state index contributed by atoms with van der Waals surface area (Å²) in [6.07, 6.45) is 1.79. The van der Waals surface area contributed by atoms with Crippen LogP contribution in [0.5, 0.6) is 0 Å². The number of allylic oxidation sites excluding steroid dienone is 1. The van der Waals surface area contributed by atoms with Gasteiger partial charge in [0.2, 0.25) is 0 Å². The molecule has 0 saturated heterocycles. The molecule has 0 saturated carbocycles. The summed E-state index contributed by atoms with van der Waals surface area (Å²) in [6.45, 7) is 13.1. The Balaban J connectivity index is 1.36. The number of nitrogens with zero attached hydrogens (tertiary/aromatic N) is 1. The van der Waals surface area contributed by atoms with Crippen LogP contribution in [0.25, 0.3) is 16.2 Å². The molecule has 0 unspecified atom stereocenters. The van der Waals surface area contributed by atoms with Crippen LogP contribution in [0.4, 0.5) is 17.1 Å². The number of ketones is 2. The highest BCUT2D eigenvalue weighted by molar-refractivity contribution is 7.17. The molecule has 0 spiro atoms. The van der Waals surface area contributed by atoms with Gasteiger partial charge in [0.1, 0.15) is 0 Å². The number of hydrogen-bond donors (Lipinski definition) is 0. The van der Waals surface area contributed by atoms with E-state index in [9.17, 15) is 9.59 Å². The number of fused-ring (bicyclic) bond motifs is 4. The number of rotatable bonds is 2. The predicted molar refractivity (Wildman–Crippen MR) is 171 cm³/mol. The maximum Gasteiger partial charge on any atom is 0.197 e. The second-order valence-electron chi connectivity index (χ2n) is 12.1. The fraction of sp³-hybridized carbons (Fsp3) is 0.189. The van der Waals surface area contributed by atoms with E-state index in [4.69, 9.17) is 0 Å². The lowest BCUT2D eigenvalue weighted by atomic mass is 9.72. The number of hydrogen-bond acceptors (Lipinski definition) is 4. The van der Waals surface area contributed by atoms with Crippen molar-refractivity contribution in [2.45, 2.75) is 47.0 Å². The summed E-state index contributed by atoms with van der Waals surface area (Å²) in [6, 6.07) is 23.5. The molecule has 4 heteroatoms. The standard InChI is InChI=1S/C37H31NO2S/c1-20-7-9-31-29(13-20)37(5,6)30-14-21(2)8-10-32(30)38(31)33-16-22(3)25(15-23(33)4)18-28-35(39)26-17-24-11-12-41-34(24)19-27(26)36(28)40/h7-19H,1-6H3/b28-18-. The van der Waals surface area contributed by atoms with Crippen molar-refractivity contribution < 1.29 is 9.59 Å². The van der Waals surface area contributed by atoms with Crippen LogP contribution in [0, 0.1) is 27.7 Å². The third-order valence-corrected chi connectivity index (χ3v) is 9.71. The smallest absolute Gasteiger partial charge is 0.197 e. The van der Waals surface area contributed by atoms with Gasteiger partial charge in [-0.2, -0.15) is 0 Å². The van der Waals surface area contributed by atoms with Crippen LogP contribution in [0.3, 0.4) is 0 Å². The molecule has 3 nitrogen and oxygen atoms in total. The SMILES string of the molecule is Cc1ccc2c(c1)C(C)(C)c1cc(C)ccc1N2c1cc(C)c(/C=C2/C(=O)c3cc4ccsc4cc3C2=O)cc1C. The second kappa shape index (κ2) is 8.86. The van der Waals surface area contributed by atoms with Crippen LogP contribution in [0.2, 0.25) is 0 Å². The summed E-state index contributed by atoms with van der Waals surface area (Å²) >= 11 is 1.59. The highest BCUT2D eigenvalue weighted by Gasteiger charge is 2.38. The largest absolute Gasteiger partial charge is 0.310 e. The zero-order chi connectivity index (χ0) is 28.8. The Kier molecular flexibility index (Phi) is 5.55. The van der Waals surface area contributed by atoms with Crippen molar-refractivity contribution in [2.75, 3.05) is 4.90 Å². The summed E-state index contributed by atoms with van der Waals surface area (Å²) < 4.78 is 1.03. The lowest BCUT2D eigenvalue weighted by molar-refractivity contribution is 0.0990. The highest BCUT2D eigenvalue weighted by atomic mass is 32.1. The number of carbonyl (C=O) groups excluding carboxylic acids is 2. The third-order valence-electron chi connectivity index (χ3n) is 8.83. The van der Waals surface area contributed by atoms with E-state index < -0.39 is 0 Å². The monoisotopic (exact) mass is 553 g/mol. The van der Waals surface area contributed by atoms with E-state index in [0.717, 1.165) is 32.5 Å². The first-order valence-corrected chi connectivity index (χ1v) is 14.9. The van der Waals surface area contributed by atoms with E-state index in [2.05, 4.69) is 95.0 Å². The van der Waals surface area contributed by atoms with Crippen LogP contribution in [0.1, 0.15) is 73.5 Å². The van der Waals surface area contributed by atoms with Crippen molar-refractivity contribution in [3.05, 3.63) is 128 Å². The zero-order valence-corrected chi connectivity index (χ0v) is 25.0.